The van der Waals surface area contributed by atoms with E-state index in [0.29, 0.717) is 18.8 Å². The first kappa shape index (κ1) is 24.0. The van der Waals surface area contributed by atoms with E-state index in [9.17, 15) is 9.59 Å². The Kier molecular flexibility index (Phi) is 9.44. The molecule has 30 heavy (non-hydrogen) atoms. The molecule has 2 amide bonds. The number of nitrogens with zero attached hydrogens (tertiary/aromatic N) is 1. The third kappa shape index (κ3) is 7.21. The SMILES string of the molecule is CCCNC(=O)[C@H](C)N(Cc1ccccc1C)C(=O)CSCc1cc(C)cc(C)c1. The van der Waals surface area contributed by atoms with Gasteiger partial charge in [-0.15, -0.1) is 11.8 Å². The highest BCUT2D eigenvalue weighted by atomic mass is 32.2. The molecule has 5 heteroatoms. The molecular formula is C25H34N2O2S. The number of carbonyl (C=O) groups is 2. The zero-order valence-corrected chi connectivity index (χ0v) is 19.6. The Balaban J connectivity index is 2.08. The highest BCUT2D eigenvalue weighted by Gasteiger charge is 2.26. The predicted molar refractivity (Wildman–Crippen MR) is 127 cm³/mol. The molecule has 2 aromatic rings. The molecule has 0 spiro atoms. The Labute approximate surface area is 185 Å². The van der Waals surface area contributed by atoms with Crippen molar-refractivity contribution in [1.82, 2.24) is 10.2 Å². The number of hydrogen-bond donors (Lipinski definition) is 1. The number of carbonyl (C=O) groups excluding carboxylic acids is 2. The summed E-state index contributed by atoms with van der Waals surface area (Å²) < 4.78 is 0. The van der Waals surface area contributed by atoms with E-state index in [1.807, 2.05) is 45.0 Å². The lowest BCUT2D eigenvalue weighted by molar-refractivity contribution is -0.138. The van der Waals surface area contributed by atoms with Crippen LogP contribution < -0.4 is 5.32 Å². The Morgan fingerprint density at radius 1 is 1.07 bits per heavy atom. The second kappa shape index (κ2) is 11.8. The Bertz CT molecular complexity index is 846. The van der Waals surface area contributed by atoms with Gasteiger partial charge in [-0.2, -0.15) is 0 Å². The predicted octanol–water partition coefficient (Wildman–Crippen LogP) is 4.79. The number of hydrogen-bond acceptors (Lipinski definition) is 3. The fraction of sp³-hybridized carbons (Fsp3) is 0.440. The summed E-state index contributed by atoms with van der Waals surface area (Å²) >= 11 is 1.60. The normalized spacial score (nSPS) is 11.8. The van der Waals surface area contributed by atoms with E-state index in [-0.39, 0.29) is 11.8 Å². The fourth-order valence-electron chi connectivity index (χ4n) is 3.44. The molecule has 0 aromatic heterocycles. The molecule has 0 saturated carbocycles. The lowest BCUT2D eigenvalue weighted by Gasteiger charge is -2.29. The zero-order valence-electron chi connectivity index (χ0n) is 18.8. The van der Waals surface area contributed by atoms with Gasteiger partial charge < -0.3 is 10.2 Å². The summed E-state index contributed by atoms with van der Waals surface area (Å²) in [6.07, 6.45) is 0.871. The highest BCUT2D eigenvalue weighted by Crippen LogP contribution is 2.19. The molecule has 2 rings (SSSR count). The average molecular weight is 427 g/mol. The monoisotopic (exact) mass is 426 g/mol. The lowest BCUT2D eigenvalue weighted by Crippen LogP contribution is -2.48. The molecule has 0 aliphatic rings. The summed E-state index contributed by atoms with van der Waals surface area (Å²) in [4.78, 5) is 27.4. The van der Waals surface area contributed by atoms with Crippen molar-refractivity contribution in [3.63, 3.8) is 0 Å². The summed E-state index contributed by atoms with van der Waals surface area (Å²) in [5.41, 5.74) is 5.89. The molecule has 1 atom stereocenters. The molecule has 1 N–H and O–H groups in total. The molecule has 2 aromatic carbocycles. The van der Waals surface area contributed by atoms with E-state index in [1.54, 1.807) is 16.7 Å². The van der Waals surface area contributed by atoms with Gasteiger partial charge in [0.05, 0.1) is 5.75 Å². The van der Waals surface area contributed by atoms with E-state index in [1.165, 1.54) is 16.7 Å². The zero-order chi connectivity index (χ0) is 22.1. The van der Waals surface area contributed by atoms with Crippen molar-refractivity contribution in [2.75, 3.05) is 12.3 Å². The number of benzene rings is 2. The molecule has 162 valence electrons. The number of nitrogens with one attached hydrogen (secondary N) is 1. The van der Waals surface area contributed by atoms with Crippen molar-refractivity contribution >= 4 is 23.6 Å². The smallest absolute Gasteiger partial charge is 0.242 e. The van der Waals surface area contributed by atoms with Crippen LogP contribution in [-0.4, -0.2) is 35.1 Å². The molecule has 0 unspecified atom stereocenters. The molecular weight excluding hydrogens is 392 g/mol. The standard InChI is InChI=1S/C25H34N2O2S/c1-6-11-26-25(29)21(5)27(15-23-10-8-7-9-20(23)4)24(28)17-30-16-22-13-18(2)12-19(3)14-22/h7-10,12-14,21H,6,11,15-17H2,1-5H3,(H,26,29)/t21-/m0/s1. The molecule has 0 saturated heterocycles. The van der Waals surface area contributed by atoms with Crippen LogP contribution in [0.2, 0.25) is 0 Å². The third-order valence-electron chi connectivity index (χ3n) is 5.09. The molecule has 0 aliphatic carbocycles. The Hall–Kier alpha value is -2.27. The Morgan fingerprint density at radius 3 is 2.37 bits per heavy atom. The third-order valence-corrected chi connectivity index (χ3v) is 6.08. The summed E-state index contributed by atoms with van der Waals surface area (Å²) in [5, 5.41) is 2.92. The lowest BCUT2D eigenvalue weighted by atomic mass is 10.1. The van der Waals surface area contributed by atoms with E-state index < -0.39 is 6.04 Å². The number of thioether (sulfide) groups is 1. The van der Waals surface area contributed by atoms with Crippen molar-refractivity contribution in [1.29, 1.82) is 0 Å². The summed E-state index contributed by atoms with van der Waals surface area (Å²) in [6.45, 7) is 11.1. The van der Waals surface area contributed by atoms with Crippen molar-refractivity contribution in [2.45, 2.75) is 59.4 Å². The first-order valence-corrected chi connectivity index (χ1v) is 11.7. The second-order valence-electron chi connectivity index (χ2n) is 7.90. The van der Waals surface area contributed by atoms with Gasteiger partial charge in [0.25, 0.3) is 0 Å². The van der Waals surface area contributed by atoms with Crippen LogP contribution in [0.1, 0.15) is 48.1 Å². The van der Waals surface area contributed by atoms with Crippen molar-refractivity contribution in [3.8, 4) is 0 Å². The van der Waals surface area contributed by atoms with Crippen LogP contribution in [0, 0.1) is 20.8 Å². The van der Waals surface area contributed by atoms with Gasteiger partial charge in [0.1, 0.15) is 6.04 Å². The van der Waals surface area contributed by atoms with Crippen LogP contribution in [-0.2, 0) is 21.9 Å². The quantitative estimate of drug-likeness (QED) is 0.594. The van der Waals surface area contributed by atoms with Gasteiger partial charge in [-0.3, -0.25) is 9.59 Å². The van der Waals surface area contributed by atoms with Crippen LogP contribution >= 0.6 is 11.8 Å². The van der Waals surface area contributed by atoms with Gasteiger partial charge in [-0.25, -0.2) is 0 Å². The van der Waals surface area contributed by atoms with Gasteiger partial charge in [0.15, 0.2) is 0 Å². The van der Waals surface area contributed by atoms with Gasteiger partial charge in [-0.1, -0.05) is 60.5 Å². The van der Waals surface area contributed by atoms with Crippen molar-refractivity contribution in [3.05, 3.63) is 70.3 Å². The van der Waals surface area contributed by atoms with Crippen molar-refractivity contribution in [2.24, 2.45) is 0 Å². The summed E-state index contributed by atoms with van der Waals surface area (Å²) in [5.74, 6) is 1.03. The summed E-state index contributed by atoms with van der Waals surface area (Å²) in [7, 11) is 0. The summed E-state index contributed by atoms with van der Waals surface area (Å²) in [6, 6.07) is 14.0. The van der Waals surface area contributed by atoms with E-state index in [0.717, 1.165) is 23.3 Å². The second-order valence-corrected chi connectivity index (χ2v) is 8.89. The van der Waals surface area contributed by atoms with Crippen LogP contribution in [0.25, 0.3) is 0 Å². The van der Waals surface area contributed by atoms with E-state index in [2.05, 4.69) is 37.4 Å². The first-order valence-electron chi connectivity index (χ1n) is 10.6. The molecule has 0 bridgehead atoms. The molecule has 0 heterocycles. The van der Waals surface area contributed by atoms with Crippen molar-refractivity contribution < 1.29 is 9.59 Å². The van der Waals surface area contributed by atoms with Gasteiger partial charge in [0.2, 0.25) is 11.8 Å². The van der Waals surface area contributed by atoms with Crippen LogP contribution in [0.4, 0.5) is 0 Å². The minimum Gasteiger partial charge on any atom is -0.354 e. The maximum atomic E-state index is 13.1. The number of aryl methyl sites for hydroxylation is 3. The van der Waals surface area contributed by atoms with Gasteiger partial charge in [0, 0.05) is 18.8 Å². The highest BCUT2D eigenvalue weighted by molar-refractivity contribution is 7.99. The maximum absolute atomic E-state index is 13.1. The van der Waals surface area contributed by atoms with E-state index >= 15 is 0 Å². The largest absolute Gasteiger partial charge is 0.354 e. The first-order chi connectivity index (χ1) is 14.3. The maximum Gasteiger partial charge on any atom is 0.242 e. The van der Waals surface area contributed by atoms with Crippen LogP contribution in [0.5, 0.6) is 0 Å². The minimum absolute atomic E-state index is 0.00761. The van der Waals surface area contributed by atoms with Gasteiger partial charge >= 0.3 is 0 Å². The van der Waals surface area contributed by atoms with E-state index in [4.69, 9.17) is 0 Å². The van der Waals surface area contributed by atoms with Gasteiger partial charge in [-0.05, 0) is 50.8 Å². The molecule has 0 fully saturated rings. The molecule has 0 radical (unpaired) electrons. The van der Waals surface area contributed by atoms with Crippen LogP contribution in [0.3, 0.4) is 0 Å². The topological polar surface area (TPSA) is 49.4 Å². The molecule has 0 aliphatic heterocycles. The minimum atomic E-state index is -0.509. The number of rotatable bonds is 10. The van der Waals surface area contributed by atoms with Crippen LogP contribution in [0.15, 0.2) is 42.5 Å². The number of amides is 2. The Morgan fingerprint density at radius 2 is 1.73 bits per heavy atom. The molecule has 4 nitrogen and oxygen atoms in total. The fourth-order valence-corrected chi connectivity index (χ4v) is 4.29. The average Bonchev–Trinajstić information content (AvgIpc) is 2.70.